The van der Waals surface area contributed by atoms with Crippen molar-refractivity contribution >= 4 is 21.4 Å². The second kappa shape index (κ2) is 6.61. The lowest BCUT2D eigenvalue weighted by Gasteiger charge is -2.21. The summed E-state index contributed by atoms with van der Waals surface area (Å²) in [4.78, 5) is 5.20. The van der Waals surface area contributed by atoms with Crippen LogP contribution < -0.4 is 0 Å². The zero-order valence-corrected chi connectivity index (χ0v) is 15.2. The topological polar surface area (TPSA) is 63.4 Å². The summed E-state index contributed by atoms with van der Waals surface area (Å²) < 4.78 is 33.6. The SMILES string of the molecule is O=S(=O)(c1ccc(-c2cnc(C3CCC3)o2)s1)N1CCCCCC1. The minimum absolute atomic E-state index is 0.404. The number of oxazole rings is 1. The molecule has 4 rings (SSSR count). The Kier molecular flexibility index (Phi) is 4.49. The number of hydrogen-bond donors (Lipinski definition) is 0. The Morgan fingerprint density at radius 2 is 1.83 bits per heavy atom. The Labute approximate surface area is 146 Å². The van der Waals surface area contributed by atoms with E-state index in [1.807, 2.05) is 6.07 Å². The van der Waals surface area contributed by atoms with Crippen LogP contribution in [0.2, 0.25) is 0 Å². The first-order valence-corrected chi connectivity index (χ1v) is 11.0. The van der Waals surface area contributed by atoms with E-state index in [4.69, 9.17) is 4.42 Å². The van der Waals surface area contributed by atoms with Crippen LogP contribution in [-0.2, 0) is 10.0 Å². The Morgan fingerprint density at radius 1 is 1.08 bits per heavy atom. The molecule has 0 amide bonds. The zero-order chi connectivity index (χ0) is 16.6. The van der Waals surface area contributed by atoms with Crippen molar-refractivity contribution in [2.45, 2.75) is 55.1 Å². The molecule has 0 atom stereocenters. The third-order valence-electron chi connectivity index (χ3n) is 4.96. The molecule has 24 heavy (non-hydrogen) atoms. The zero-order valence-electron chi connectivity index (χ0n) is 13.6. The molecule has 3 heterocycles. The van der Waals surface area contributed by atoms with Crippen molar-refractivity contribution in [2.75, 3.05) is 13.1 Å². The molecule has 0 radical (unpaired) electrons. The van der Waals surface area contributed by atoms with Crippen molar-refractivity contribution in [3.8, 4) is 10.6 Å². The molecule has 5 nitrogen and oxygen atoms in total. The number of thiophene rings is 1. The standard InChI is InChI=1S/C17H22N2O3S2/c20-24(21,19-10-3-1-2-4-11-19)16-9-8-15(23-16)14-12-18-17(22-14)13-6-5-7-13/h8-9,12-13H,1-7,10-11H2. The highest BCUT2D eigenvalue weighted by Crippen LogP contribution is 2.39. The fourth-order valence-electron chi connectivity index (χ4n) is 3.25. The molecule has 0 bridgehead atoms. The summed E-state index contributed by atoms with van der Waals surface area (Å²) in [6.45, 7) is 1.26. The summed E-state index contributed by atoms with van der Waals surface area (Å²) in [5, 5.41) is 0. The second-order valence-electron chi connectivity index (χ2n) is 6.63. The lowest BCUT2D eigenvalue weighted by Crippen LogP contribution is -2.31. The van der Waals surface area contributed by atoms with Crippen LogP contribution >= 0.6 is 11.3 Å². The van der Waals surface area contributed by atoms with Gasteiger partial charge >= 0.3 is 0 Å². The second-order valence-corrected chi connectivity index (χ2v) is 9.88. The van der Waals surface area contributed by atoms with E-state index < -0.39 is 10.0 Å². The Bertz CT molecular complexity index is 797. The van der Waals surface area contributed by atoms with Crippen molar-refractivity contribution < 1.29 is 12.8 Å². The quantitative estimate of drug-likeness (QED) is 0.812. The predicted octanol–water partition coefficient (Wildman–Crippen LogP) is 4.24. The Balaban J connectivity index is 1.56. The molecule has 1 saturated heterocycles. The molecule has 0 aromatic carbocycles. The van der Waals surface area contributed by atoms with Gasteiger partial charge in [-0.3, -0.25) is 0 Å². The molecule has 2 fully saturated rings. The molecule has 1 saturated carbocycles. The molecule has 1 aliphatic carbocycles. The van der Waals surface area contributed by atoms with Crippen LogP contribution in [0.15, 0.2) is 27.0 Å². The monoisotopic (exact) mass is 366 g/mol. The largest absolute Gasteiger partial charge is 0.440 e. The van der Waals surface area contributed by atoms with Gasteiger partial charge in [-0.25, -0.2) is 13.4 Å². The van der Waals surface area contributed by atoms with Gasteiger partial charge in [0.05, 0.1) is 11.1 Å². The van der Waals surface area contributed by atoms with Gasteiger partial charge in [0.1, 0.15) is 4.21 Å². The molecule has 2 aromatic heterocycles. The van der Waals surface area contributed by atoms with E-state index in [0.717, 1.165) is 49.3 Å². The fourth-order valence-corrected chi connectivity index (χ4v) is 6.17. The van der Waals surface area contributed by atoms with E-state index in [2.05, 4.69) is 4.98 Å². The number of hydrogen-bond acceptors (Lipinski definition) is 5. The molecular weight excluding hydrogens is 344 g/mol. The van der Waals surface area contributed by atoms with E-state index in [9.17, 15) is 8.42 Å². The van der Waals surface area contributed by atoms with Crippen LogP contribution in [0.4, 0.5) is 0 Å². The molecule has 1 aliphatic heterocycles. The van der Waals surface area contributed by atoms with Crippen molar-refractivity contribution in [1.29, 1.82) is 0 Å². The number of nitrogens with zero attached hydrogens (tertiary/aromatic N) is 2. The average Bonchev–Trinajstić information content (AvgIpc) is 3.09. The first kappa shape index (κ1) is 16.3. The molecular formula is C17H22N2O3S2. The molecule has 0 unspecified atom stereocenters. The molecule has 2 aliphatic rings. The maximum atomic E-state index is 12.8. The third-order valence-corrected chi connectivity index (χ3v) is 8.43. The summed E-state index contributed by atoms with van der Waals surface area (Å²) in [7, 11) is -3.39. The van der Waals surface area contributed by atoms with Crippen molar-refractivity contribution in [1.82, 2.24) is 9.29 Å². The van der Waals surface area contributed by atoms with Crippen LogP contribution in [0, 0.1) is 0 Å². The average molecular weight is 367 g/mol. The van der Waals surface area contributed by atoms with Gasteiger partial charge in [-0.2, -0.15) is 4.31 Å². The van der Waals surface area contributed by atoms with Crippen LogP contribution in [-0.4, -0.2) is 30.8 Å². The minimum atomic E-state index is -3.39. The van der Waals surface area contributed by atoms with Crippen LogP contribution in [0.1, 0.15) is 56.8 Å². The normalized spacial score (nSPS) is 20.7. The van der Waals surface area contributed by atoms with Crippen molar-refractivity contribution in [3.63, 3.8) is 0 Å². The fraction of sp³-hybridized carbons (Fsp3) is 0.588. The lowest BCUT2D eigenvalue weighted by molar-refractivity contribution is 0.338. The summed E-state index contributed by atoms with van der Waals surface area (Å²) in [5.41, 5.74) is 0. The summed E-state index contributed by atoms with van der Waals surface area (Å²) in [6.07, 6.45) is 9.36. The molecule has 130 valence electrons. The maximum absolute atomic E-state index is 12.8. The Hall–Kier alpha value is -1.18. The van der Waals surface area contributed by atoms with Gasteiger partial charge in [0.15, 0.2) is 11.7 Å². The van der Waals surface area contributed by atoms with E-state index in [-0.39, 0.29) is 0 Å². The smallest absolute Gasteiger partial charge is 0.252 e. The number of aromatic nitrogens is 1. The van der Waals surface area contributed by atoms with E-state index in [1.54, 1.807) is 16.6 Å². The highest BCUT2D eigenvalue weighted by molar-refractivity contribution is 7.91. The van der Waals surface area contributed by atoms with Crippen molar-refractivity contribution in [2.24, 2.45) is 0 Å². The lowest BCUT2D eigenvalue weighted by atomic mass is 9.85. The van der Waals surface area contributed by atoms with Gasteiger partial charge in [0.2, 0.25) is 0 Å². The van der Waals surface area contributed by atoms with Gasteiger partial charge in [-0.05, 0) is 37.8 Å². The Morgan fingerprint density at radius 3 is 2.50 bits per heavy atom. The summed E-state index contributed by atoms with van der Waals surface area (Å²) in [6, 6.07) is 3.53. The highest BCUT2D eigenvalue weighted by atomic mass is 32.2. The first-order chi connectivity index (χ1) is 11.6. The van der Waals surface area contributed by atoms with Gasteiger partial charge in [-0.1, -0.05) is 19.3 Å². The van der Waals surface area contributed by atoms with Crippen LogP contribution in [0.5, 0.6) is 0 Å². The number of rotatable bonds is 4. The van der Waals surface area contributed by atoms with Gasteiger partial charge in [0.25, 0.3) is 10.0 Å². The third kappa shape index (κ3) is 3.05. The predicted molar refractivity (Wildman–Crippen MR) is 93.6 cm³/mol. The van der Waals surface area contributed by atoms with E-state index >= 15 is 0 Å². The maximum Gasteiger partial charge on any atom is 0.252 e. The molecule has 0 spiro atoms. The molecule has 7 heteroatoms. The van der Waals surface area contributed by atoms with Crippen LogP contribution in [0.3, 0.4) is 0 Å². The van der Waals surface area contributed by atoms with Gasteiger partial charge < -0.3 is 4.42 Å². The summed E-state index contributed by atoms with van der Waals surface area (Å²) in [5.74, 6) is 1.92. The van der Waals surface area contributed by atoms with Crippen molar-refractivity contribution in [3.05, 3.63) is 24.2 Å². The van der Waals surface area contributed by atoms with E-state index in [1.165, 1.54) is 17.8 Å². The molecule has 0 N–H and O–H groups in total. The van der Waals surface area contributed by atoms with E-state index in [0.29, 0.717) is 29.0 Å². The van der Waals surface area contributed by atoms with Crippen LogP contribution in [0.25, 0.3) is 10.6 Å². The van der Waals surface area contributed by atoms with Gasteiger partial charge in [-0.15, -0.1) is 11.3 Å². The van der Waals surface area contributed by atoms with Gasteiger partial charge in [0, 0.05) is 19.0 Å². The number of sulfonamides is 1. The first-order valence-electron chi connectivity index (χ1n) is 8.71. The summed E-state index contributed by atoms with van der Waals surface area (Å²) >= 11 is 1.28. The highest BCUT2D eigenvalue weighted by Gasteiger charge is 2.28. The minimum Gasteiger partial charge on any atom is -0.440 e. The molecule has 2 aromatic rings.